The van der Waals surface area contributed by atoms with Crippen molar-refractivity contribution in [2.24, 2.45) is 0 Å². The van der Waals surface area contributed by atoms with E-state index in [0.717, 1.165) is 0 Å². The topological polar surface area (TPSA) is 46.5 Å². The number of rotatable bonds is 2. The minimum Gasteiger partial charge on any atom is -0.426 e. The van der Waals surface area contributed by atoms with Crippen LogP contribution in [-0.2, 0) is 11.4 Å². The molecule has 3 heteroatoms. The summed E-state index contributed by atoms with van der Waals surface area (Å²) in [6.45, 7) is 1.21. The Morgan fingerprint density at radius 2 is 2.17 bits per heavy atom. The molecule has 1 aromatic carbocycles. The maximum atomic E-state index is 10.6. The number of aliphatic hydroxyl groups is 1. The van der Waals surface area contributed by atoms with E-state index >= 15 is 0 Å². The summed E-state index contributed by atoms with van der Waals surface area (Å²) < 4.78 is 4.84. The number of carbonyl (C=O) groups excluding carboxylic acids is 1. The van der Waals surface area contributed by atoms with E-state index in [0.29, 0.717) is 11.3 Å². The van der Waals surface area contributed by atoms with E-state index in [4.69, 9.17) is 9.84 Å². The molecule has 0 fully saturated rings. The third-order valence-electron chi connectivity index (χ3n) is 1.40. The molecule has 0 spiro atoms. The zero-order valence-corrected chi connectivity index (χ0v) is 6.78. The summed E-state index contributed by atoms with van der Waals surface area (Å²) in [4.78, 5) is 10.6. The molecule has 64 valence electrons. The van der Waals surface area contributed by atoms with E-state index in [9.17, 15) is 4.79 Å². The van der Waals surface area contributed by atoms with Gasteiger partial charge in [0.25, 0.3) is 0 Å². The normalized spacial score (nSPS) is 9.50. The van der Waals surface area contributed by atoms with Crippen molar-refractivity contribution in [3.05, 3.63) is 29.8 Å². The van der Waals surface area contributed by atoms with Crippen LogP contribution < -0.4 is 4.74 Å². The third kappa shape index (κ3) is 2.07. The van der Waals surface area contributed by atoms with E-state index in [2.05, 4.69) is 0 Å². The maximum absolute atomic E-state index is 10.6. The lowest BCUT2D eigenvalue weighted by Gasteiger charge is -2.04. The van der Waals surface area contributed by atoms with Gasteiger partial charge in [0.05, 0.1) is 6.61 Å². The molecule has 0 aliphatic rings. The van der Waals surface area contributed by atoms with Gasteiger partial charge in [0.15, 0.2) is 0 Å². The molecular formula is C9H10O3. The lowest BCUT2D eigenvalue weighted by molar-refractivity contribution is -0.131. The molecule has 0 amide bonds. The molecule has 1 aromatic rings. The molecule has 12 heavy (non-hydrogen) atoms. The predicted molar refractivity (Wildman–Crippen MR) is 43.7 cm³/mol. The maximum Gasteiger partial charge on any atom is 0.308 e. The summed E-state index contributed by atoms with van der Waals surface area (Å²) in [5.74, 6) is 0.0448. The van der Waals surface area contributed by atoms with Gasteiger partial charge in [-0.25, -0.2) is 0 Å². The number of ether oxygens (including phenoxy) is 1. The Labute approximate surface area is 70.6 Å². The van der Waals surface area contributed by atoms with Crippen LogP contribution >= 0.6 is 0 Å². The lowest BCUT2D eigenvalue weighted by Crippen LogP contribution is -2.03. The Bertz CT molecular complexity index is 281. The van der Waals surface area contributed by atoms with Crippen molar-refractivity contribution in [2.75, 3.05) is 0 Å². The van der Waals surface area contributed by atoms with Crippen LogP contribution in [0.3, 0.4) is 0 Å². The molecule has 0 saturated heterocycles. The standard InChI is InChI=1S/C9H10O3/c1-7(11)12-9-5-3-2-4-8(9)6-10/h2-5,10H,6H2,1H3. The smallest absolute Gasteiger partial charge is 0.308 e. The van der Waals surface area contributed by atoms with Crippen molar-refractivity contribution in [3.63, 3.8) is 0 Å². The van der Waals surface area contributed by atoms with Gasteiger partial charge in [-0.1, -0.05) is 18.2 Å². The van der Waals surface area contributed by atoms with Crippen molar-refractivity contribution in [1.29, 1.82) is 0 Å². The SMILES string of the molecule is CC(=O)Oc1ccccc1CO. The number of aliphatic hydroxyl groups excluding tert-OH is 1. The van der Waals surface area contributed by atoms with Gasteiger partial charge >= 0.3 is 5.97 Å². The van der Waals surface area contributed by atoms with E-state index in [1.807, 2.05) is 0 Å². The van der Waals surface area contributed by atoms with Gasteiger partial charge in [-0.15, -0.1) is 0 Å². The molecule has 0 radical (unpaired) electrons. The van der Waals surface area contributed by atoms with E-state index < -0.39 is 0 Å². The van der Waals surface area contributed by atoms with Crippen LogP contribution in [0, 0.1) is 0 Å². The molecule has 1 N–H and O–H groups in total. The number of esters is 1. The van der Waals surface area contributed by atoms with Crippen molar-refractivity contribution >= 4 is 5.97 Å². The molecule has 0 aliphatic carbocycles. The van der Waals surface area contributed by atoms with Gasteiger partial charge in [0, 0.05) is 12.5 Å². The number of carbonyl (C=O) groups is 1. The Kier molecular flexibility index (Phi) is 2.82. The zero-order chi connectivity index (χ0) is 8.97. The number of hydrogen-bond acceptors (Lipinski definition) is 3. The summed E-state index contributed by atoms with van der Waals surface area (Å²) in [5.41, 5.74) is 0.618. The van der Waals surface area contributed by atoms with Gasteiger partial charge < -0.3 is 9.84 Å². The van der Waals surface area contributed by atoms with Gasteiger partial charge in [0.2, 0.25) is 0 Å². The number of hydrogen-bond donors (Lipinski definition) is 1. The molecule has 0 aliphatic heterocycles. The summed E-state index contributed by atoms with van der Waals surface area (Å²) in [6, 6.07) is 6.88. The largest absolute Gasteiger partial charge is 0.426 e. The molecule has 0 heterocycles. The first-order chi connectivity index (χ1) is 5.74. The molecule has 1 rings (SSSR count). The van der Waals surface area contributed by atoms with Crippen LogP contribution in [0.2, 0.25) is 0 Å². The average Bonchev–Trinajstić information content (AvgIpc) is 2.04. The molecule has 0 bridgehead atoms. The van der Waals surface area contributed by atoms with Crippen LogP contribution in [-0.4, -0.2) is 11.1 Å². The summed E-state index contributed by atoms with van der Waals surface area (Å²) in [7, 11) is 0. The van der Waals surface area contributed by atoms with E-state index in [1.165, 1.54) is 6.92 Å². The van der Waals surface area contributed by atoms with Crippen LogP contribution in [0.25, 0.3) is 0 Å². The van der Waals surface area contributed by atoms with Crippen molar-refractivity contribution in [3.8, 4) is 5.75 Å². The van der Waals surface area contributed by atoms with Crippen LogP contribution in [0.15, 0.2) is 24.3 Å². The second-order valence-corrected chi connectivity index (χ2v) is 2.36. The van der Waals surface area contributed by atoms with Gasteiger partial charge in [-0.2, -0.15) is 0 Å². The van der Waals surface area contributed by atoms with Crippen LogP contribution in [0.1, 0.15) is 12.5 Å². The third-order valence-corrected chi connectivity index (χ3v) is 1.40. The fraction of sp³-hybridized carbons (Fsp3) is 0.222. The Hall–Kier alpha value is -1.35. The fourth-order valence-corrected chi connectivity index (χ4v) is 0.889. The highest BCUT2D eigenvalue weighted by molar-refractivity contribution is 5.69. The van der Waals surface area contributed by atoms with E-state index in [1.54, 1.807) is 24.3 Å². The van der Waals surface area contributed by atoms with E-state index in [-0.39, 0.29) is 12.6 Å². The second-order valence-electron chi connectivity index (χ2n) is 2.36. The highest BCUT2D eigenvalue weighted by atomic mass is 16.5. The Morgan fingerprint density at radius 3 is 2.75 bits per heavy atom. The van der Waals surface area contributed by atoms with Gasteiger partial charge in [-0.3, -0.25) is 4.79 Å². The predicted octanol–water partition coefficient (Wildman–Crippen LogP) is 1.10. The average molecular weight is 166 g/mol. The highest BCUT2D eigenvalue weighted by Crippen LogP contribution is 2.17. The first-order valence-electron chi connectivity index (χ1n) is 3.61. The van der Waals surface area contributed by atoms with Crippen molar-refractivity contribution in [1.82, 2.24) is 0 Å². The second kappa shape index (κ2) is 3.88. The van der Waals surface area contributed by atoms with Gasteiger partial charge in [-0.05, 0) is 6.07 Å². The molecule has 0 atom stereocenters. The van der Waals surface area contributed by atoms with Gasteiger partial charge in [0.1, 0.15) is 5.75 Å². The first-order valence-corrected chi connectivity index (χ1v) is 3.61. The minimum absolute atomic E-state index is 0.122. The molecular weight excluding hydrogens is 156 g/mol. The Balaban J connectivity index is 2.89. The monoisotopic (exact) mass is 166 g/mol. The summed E-state index contributed by atoms with van der Waals surface area (Å²) in [6.07, 6.45) is 0. The van der Waals surface area contributed by atoms with Crippen LogP contribution in [0.5, 0.6) is 5.75 Å². The Morgan fingerprint density at radius 1 is 1.50 bits per heavy atom. The summed E-state index contributed by atoms with van der Waals surface area (Å²) in [5, 5.41) is 8.84. The summed E-state index contributed by atoms with van der Waals surface area (Å²) >= 11 is 0. The zero-order valence-electron chi connectivity index (χ0n) is 6.78. The van der Waals surface area contributed by atoms with Crippen molar-refractivity contribution in [2.45, 2.75) is 13.5 Å². The molecule has 0 unspecified atom stereocenters. The van der Waals surface area contributed by atoms with Crippen LogP contribution in [0.4, 0.5) is 0 Å². The molecule has 0 saturated carbocycles. The lowest BCUT2D eigenvalue weighted by atomic mass is 10.2. The highest BCUT2D eigenvalue weighted by Gasteiger charge is 2.02. The van der Waals surface area contributed by atoms with Crippen molar-refractivity contribution < 1.29 is 14.6 Å². The quantitative estimate of drug-likeness (QED) is 0.528. The first kappa shape index (κ1) is 8.74. The minimum atomic E-state index is -0.379. The fourth-order valence-electron chi connectivity index (χ4n) is 0.889. The molecule has 0 aromatic heterocycles. The molecule has 3 nitrogen and oxygen atoms in total. The number of benzene rings is 1. The number of para-hydroxylation sites is 1.